The summed E-state index contributed by atoms with van der Waals surface area (Å²) in [7, 11) is 0.836. The second-order valence-electron chi connectivity index (χ2n) is 3.18. The maximum atomic E-state index is 10.8. The second kappa shape index (κ2) is 6.16. The van der Waals surface area contributed by atoms with Crippen LogP contribution in [-0.4, -0.2) is 56.8 Å². The van der Waals surface area contributed by atoms with Gasteiger partial charge in [-0.25, -0.2) is 14.9 Å². The molecule has 0 spiro atoms. The number of carbonyl (C=O) groups is 1. The van der Waals surface area contributed by atoms with E-state index in [1.165, 1.54) is 0 Å². The van der Waals surface area contributed by atoms with E-state index in [0.29, 0.717) is 0 Å². The van der Waals surface area contributed by atoms with Gasteiger partial charge in [0.05, 0.1) is 7.11 Å². The monoisotopic (exact) mass is 297 g/mol. The molecule has 0 heterocycles. The topological polar surface area (TPSA) is 202 Å². The fourth-order valence-electron chi connectivity index (χ4n) is 1.00. The molecule has 0 aliphatic rings. The van der Waals surface area contributed by atoms with E-state index in [9.17, 15) is 45.3 Å². The van der Waals surface area contributed by atoms with Gasteiger partial charge >= 0.3 is 11.8 Å². The predicted molar refractivity (Wildman–Crippen MR) is 54.3 cm³/mol. The number of methoxy groups -OCH3 is 1. The van der Waals surface area contributed by atoms with Crippen LogP contribution in [0.4, 0.5) is 0 Å². The quantitative estimate of drug-likeness (QED) is 0.210. The molecule has 0 rings (SSSR count). The summed E-state index contributed by atoms with van der Waals surface area (Å²) in [5, 5.41) is 40.5. The van der Waals surface area contributed by atoms with Crippen molar-refractivity contribution in [3.8, 4) is 0 Å². The third-order valence-corrected chi connectivity index (χ3v) is 2.04. The Balaban J connectivity index is 5.56. The number of nitro groups is 4. The van der Waals surface area contributed by atoms with Crippen LogP contribution in [-0.2, 0) is 9.53 Å². The molecule has 0 radical (unpaired) electrons. The maximum Gasteiger partial charge on any atom is 0.723 e. The van der Waals surface area contributed by atoms with Crippen LogP contribution in [0.25, 0.3) is 0 Å². The Bertz CT molecular complexity index is 425. The number of rotatable bonds is 8. The summed E-state index contributed by atoms with van der Waals surface area (Å²) < 4.78 is 4.03. The van der Waals surface area contributed by atoms with Gasteiger partial charge in [-0.3, -0.25) is 30.3 Å². The normalized spacial score (nSPS) is 10.4. The Morgan fingerprint density at radius 3 is 1.70 bits per heavy atom. The first kappa shape index (κ1) is 16.9. The van der Waals surface area contributed by atoms with Crippen LogP contribution in [0.5, 0.6) is 0 Å². The number of hydrogen-bond donors (Lipinski definition) is 0. The highest BCUT2D eigenvalue weighted by molar-refractivity contribution is 5.71. The SMILES string of the molecule is COC(=O)CN(CC([N+](=O)[O-])([N+](=O)[O-])[N+](=O)[O-])[N+](=O)[O-]. The van der Waals surface area contributed by atoms with Crippen LogP contribution in [0.1, 0.15) is 0 Å². The molecule has 0 amide bonds. The zero-order valence-corrected chi connectivity index (χ0v) is 9.73. The molecule has 112 valence electrons. The van der Waals surface area contributed by atoms with Crippen molar-refractivity contribution in [3.05, 3.63) is 40.5 Å². The van der Waals surface area contributed by atoms with E-state index in [4.69, 9.17) is 0 Å². The Morgan fingerprint density at radius 1 is 1.05 bits per heavy atom. The van der Waals surface area contributed by atoms with Gasteiger partial charge in [-0.15, -0.1) is 0 Å². The first-order chi connectivity index (χ1) is 9.09. The zero-order valence-electron chi connectivity index (χ0n) is 9.73. The van der Waals surface area contributed by atoms with Gasteiger partial charge in [0.2, 0.25) is 0 Å². The van der Waals surface area contributed by atoms with Gasteiger partial charge < -0.3 is 4.74 Å². The van der Waals surface area contributed by atoms with Crippen LogP contribution in [0.2, 0.25) is 0 Å². The first-order valence-electron chi connectivity index (χ1n) is 4.49. The Morgan fingerprint density at radius 2 is 1.45 bits per heavy atom. The standard InChI is InChI=1S/C5H7N5O10/c1-20-4(11)2-6(10(18)19)3-5(7(12)13,8(14)15)9(16)17/h2-3H2,1H3. The van der Waals surface area contributed by atoms with Crippen molar-refractivity contribution in [2.24, 2.45) is 0 Å². The molecule has 0 aromatic rings. The lowest BCUT2D eigenvalue weighted by molar-refractivity contribution is -0.973. The summed E-state index contributed by atoms with van der Waals surface area (Å²) in [5.74, 6) is -5.33. The summed E-state index contributed by atoms with van der Waals surface area (Å²) in [4.78, 5) is 47.5. The third kappa shape index (κ3) is 3.21. The minimum atomic E-state index is -4.07. The minimum absolute atomic E-state index is 0.347. The molecular weight excluding hydrogens is 290 g/mol. The molecular formula is C5H7N5O10. The molecule has 0 aliphatic heterocycles. The van der Waals surface area contributed by atoms with E-state index >= 15 is 0 Å². The first-order valence-corrected chi connectivity index (χ1v) is 4.49. The van der Waals surface area contributed by atoms with Crippen molar-refractivity contribution in [1.82, 2.24) is 5.01 Å². The van der Waals surface area contributed by atoms with E-state index in [0.717, 1.165) is 7.11 Å². The number of hydrogen-bond acceptors (Lipinski definition) is 10. The van der Waals surface area contributed by atoms with E-state index in [2.05, 4.69) is 4.74 Å². The molecule has 0 atom stereocenters. The van der Waals surface area contributed by atoms with Crippen molar-refractivity contribution in [2.45, 2.75) is 5.79 Å². The summed E-state index contributed by atoms with van der Waals surface area (Å²) >= 11 is 0. The van der Waals surface area contributed by atoms with Gasteiger partial charge in [0, 0.05) is 0 Å². The molecule has 15 nitrogen and oxygen atoms in total. The van der Waals surface area contributed by atoms with Crippen LogP contribution >= 0.6 is 0 Å². The Labute approximate surface area is 108 Å². The number of nitrogens with zero attached hydrogens (tertiary/aromatic N) is 5. The van der Waals surface area contributed by atoms with Crippen molar-refractivity contribution in [1.29, 1.82) is 0 Å². The highest BCUT2D eigenvalue weighted by Crippen LogP contribution is 2.14. The second-order valence-corrected chi connectivity index (χ2v) is 3.18. The summed E-state index contributed by atoms with van der Waals surface area (Å²) in [6, 6.07) is 0. The number of hydrazine groups is 1. The molecule has 0 aliphatic carbocycles. The minimum Gasteiger partial charge on any atom is -0.468 e. The number of esters is 1. The molecule has 0 bridgehead atoms. The van der Waals surface area contributed by atoms with E-state index in [-0.39, 0.29) is 5.01 Å². The molecule has 0 unspecified atom stereocenters. The van der Waals surface area contributed by atoms with Crippen LogP contribution < -0.4 is 0 Å². The molecule has 0 saturated carbocycles. The van der Waals surface area contributed by atoms with Crippen LogP contribution in [0.15, 0.2) is 0 Å². The molecule has 15 heteroatoms. The Kier molecular flexibility index (Phi) is 5.19. The predicted octanol–water partition coefficient (Wildman–Crippen LogP) is -1.86. The lowest BCUT2D eigenvalue weighted by Crippen LogP contribution is -2.61. The average Bonchev–Trinajstić information content (AvgIpc) is 2.31. The molecule has 0 aromatic heterocycles. The highest BCUT2D eigenvalue weighted by atomic mass is 16.7. The van der Waals surface area contributed by atoms with Crippen molar-refractivity contribution in [3.63, 3.8) is 0 Å². The van der Waals surface area contributed by atoms with Gasteiger partial charge in [-0.2, -0.15) is 0 Å². The molecule has 0 saturated heterocycles. The smallest absolute Gasteiger partial charge is 0.468 e. The highest BCUT2D eigenvalue weighted by Gasteiger charge is 2.73. The van der Waals surface area contributed by atoms with Gasteiger partial charge in [-0.05, 0) is 0 Å². The van der Waals surface area contributed by atoms with Gasteiger partial charge in [0.25, 0.3) is 6.54 Å². The van der Waals surface area contributed by atoms with E-state index in [1.54, 1.807) is 0 Å². The number of carbonyl (C=O) groups excluding carboxylic acids is 1. The Hall–Kier alpha value is -3.13. The van der Waals surface area contributed by atoms with Gasteiger partial charge in [0.15, 0.2) is 26.3 Å². The fourth-order valence-corrected chi connectivity index (χ4v) is 1.00. The summed E-state index contributed by atoms with van der Waals surface area (Å²) in [6.45, 7) is -3.09. The molecule has 0 aromatic carbocycles. The summed E-state index contributed by atoms with van der Waals surface area (Å²) in [6.07, 6.45) is 0. The molecule has 20 heavy (non-hydrogen) atoms. The lowest BCUT2D eigenvalue weighted by Gasteiger charge is -2.14. The average molecular weight is 297 g/mol. The van der Waals surface area contributed by atoms with Crippen LogP contribution in [0.3, 0.4) is 0 Å². The lowest BCUT2D eigenvalue weighted by atomic mass is 10.3. The largest absolute Gasteiger partial charge is 0.723 e. The van der Waals surface area contributed by atoms with Crippen molar-refractivity contribution >= 4 is 5.97 Å². The maximum absolute atomic E-state index is 10.8. The van der Waals surface area contributed by atoms with Crippen molar-refractivity contribution < 1.29 is 29.3 Å². The molecule has 0 fully saturated rings. The number of ether oxygens (including phenoxy) is 1. The van der Waals surface area contributed by atoms with E-state index in [1.807, 2.05) is 0 Å². The molecule has 0 N–H and O–H groups in total. The van der Waals surface area contributed by atoms with Crippen LogP contribution in [0, 0.1) is 40.5 Å². The summed E-state index contributed by atoms with van der Waals surface area (Å²) in [5.41, 5.74) is 0. The fraction of sp³-hybridized carbons (Fsp3) is 0.800. The zero-order chi connectivity index (χ0) is 16.1. The van der Waals surface area contributed by atoms with Crippen molar-refractivity contribution in [2.75, 3.05) is 20.2 Å². The van der Waals surface area contributed by atoms with Gasteiger partial charge in [-0.1, -0.05) is 5.01 Å². The third-order valence-electron chi connectivity index (χ3n) is 2.04. The van der Waals surface area contributed by atoms with Gasteiger partial charge in [0.1, 0.15) is 0 Å². The van der Waals surface area contributed by atoms with E-state index < -0.39 is 44.6 Å².